The number of halogens is 1. The van der Waals surface area contributed by atoms with Crippen LogP contribution in [0.5, 0.6) is 0 Å². The van der Waals surface area contributed by atoms with Gasteiger partial charge in [0.15, 0.2) is 0 Å². The first-order valence-electron chi connectivity index (χ1n) is 4.63. The van der Waals surface area contributed by atoms with Crippen molar-refractivity contribution >= 4 is 0 Å². The second-order valence-corrected chi connectivity index (χ2v) is 4.00. The summed E-state index contributed by atoms with van der Waals surface area (Å²) in [6.07, 6.45) is 1.04. The molecule has 12 heavy (non-hydrogen) atoms. The quantitative estimate of drug-likeness (QED) is 0.692. The maximum absolute atomic E-state index is 13.3. The lowest BCUT2D eigenvalue weighted by Gasteiger charge is -2.30. The molecule has 3 heteroatoms. The molecule has 1 fully saturated rings. The molecule has 0 aliphatic carbocycles. The van der Waals surface area contributed by atoms with Gasteiger partial charge in [0.2, 0.25) is 0 Å². The Labute approximate surface area is 73.9 Å². The molecule has 0 aromatic rings. The Balaban J connectivity index is 2.61. The second kappa shape index (κ2) is 3.71. The number of rotatable bonds is 3. The molecule has 2 unspecified atom stereocenters. The van der Waals surface area contributed by atoms with Crippen LogP contribution >= 0.6 is 0 Å². The zero-order valence-corrected chi connectivity index (χ0v) is 8.02. The Morgan fingerprint density at radius 1 is 1.67 bits per heavy atom. The van der Waals surface area contributed by atoms with Gasteiger partial charge in [-0.2, -0.15) is 0 Å². The molecular formula is C9H19FN2. The van der Waals surface area contributed by atoms with Crippen molar-refractivity contribution in [1.29, 1.82) is 0 Å². The van der Waals surface area contributed by atoms with Crippen LogP contribution < -0.4 is 5.73 Å². The van der Waals surface area contributed by atoms with Gasteiger partial charge >= 0.3 is 0 Å². The van der Waals surface area contributed by atoms with Crippen LogP contribution in [0, 0.1) is 5.41 Å². The molecule has 0 radical (unpaired) electrons. The molecule has 1 heterocycles. The van der Waals surface area contributed by atoms with Crippen molar-refractivity contribution in [3.05, 3.63) is 0 Å². The topological polar surface area (TPSA) is 29.3 Å². The Bertz CT molecular complexity index is 145. The summed E-state index contributed by atoms with van der Waals surface area (Å²) in [6.45, 7) is 4.13. The fraction of sp³-hybridized carbons (Fsp3) is 1.00. The minimum absolute atomic E-state index is 0.149. The molecule has 1 rings (SSSR count). The predicted molar refractivity (Wildman–Crippen MR) is 48.8 cm³/mol. The summed E-state index contributed by atoms with van der Waals surface area (Å²) in [5.74, 6) is 0. The van der Waals surface area contributed by atoms with Gasteiger partial charge in [0, 0.05) is 12.0 Å². The van der Waals surface area contributed by atoms with Crippen molar-refractivity contribution in [2.75, 3.05) is 26.7 Å². The Morgan fingerprint density at radius 2 is 2.33 bits per heavy atom. The summed E-state index contributed by atoms with van der Waals surface area (Å²) in [5.41, 5.74) is 5.34. The van der Waals surface area contributed by atoms with E-state index >= 15 is 0 Å². The van der Waals surface area contributed by atoms with E-state index in [0.29, 0.717) is 6.54 Å². The van der Waals surface area contributed by atoms with Crippen LogP contribution in [0.15, 0.2) is 0 Å². The van der Waals surface area contributed by atoms with E-state index in [1.54, 1.807) is 6.92 Å². The molecule has 1 aliphatic rings. The van der Waals surface area contributed by atoms with E-state index in [9.17, 15) is 4.39 Å². The van der Waals surface area contributed by atoms with Gasteiger partial charge < -0.3 is 10.6 Å². The fourth-order valence-electron chi connectivity index (χ4n) is 2.12. The van der Waals surface area contributed by atoms with E-state index in [-0.39, 0.29) is 5.41 Å². The first-order chi connectivity index (χ1) is 5.60. The van der Waals surface area contributed by atoms with Crippen LogP contribution in [-0.4, -0.2) is 37.8 Å². The highest BCUT2D eigenvalue weighted by atomic mass is 19.1. The van der Waals surface area contributed by atoms with E-state index in [0.717, 1.165) is 25.9 Å². The molecule has 0 amide bonds. The summed E-state index contributed by atoms with van der Waals surface area (Å²) in [5, 5.41) is 0. The van der Waals surface area contributed by atoms with Gasteiger partial charge in [-0.05, 0) is 39.9 Å². The minimum Gasteiger partial charge on any atom is -0.330 e. The van der Waals surface area contributed by atoms with E-state index in [2.05, 4.69) is 4.90 Å². The molecule has 0 spiro atoms. The summed E-state index contributed by atoms with van der Waals surface area (Å²) in [4.78, 5) is 2.19. The molecule has 1 saturated heterocycles. The third-order valence-corrected chi connectivity index (χ3v) is 3.06. The minimum atomic E-state index is -0.731. The maximum atomic E-state index is 13.3. The van der Waals surface area contributed by atoms with Crippen molar-refractivity contribution in [3.63, 3.8) is 0 Å². The molecule has 2 atom stereocenters. The highest BCUT2D eigenvalue weighted by Gasteiger charge is 2.40. The molecule has 0 aromatic carbocycles. The smallest absolute Gasteiger partial charge is 0.104 e. The van der Waals surface area contributed by atoms with E-state index in [4.69, 9.17) is 5.73 Å². The Morgan fingerprint density at radius 3 is 2.67 bits per heavy atom. The molecule has 72 valence electrons. The number of nitrogens with two attached hydrogens (primary N) is 1. The monoisotopic (exact) mass is 174 g/mol. The van der Waals surface area contributed by atoms with Crippen LogP contribution in [0.1, 0.15) is 19.8 Å². The lowest BCUT2D eigenvalue weighted by atomic mass is 9.79. The van der Waals surface area contributed by atoms with Crippen LogP contribution in [0.4, 0.5) is 4.39 Å². The number of hydrogen-bond acceptors (Lipinski definition) is 2. The van der Waals surface area contributed by atoms with Gasteiger partial charge in [0.25, 0.3) is 0 Å². The third-order valence-electron chi connectivity index (χ3n) is 3.06. The molecule has 0 bridgehead atoms. The van der Waals surface area contributed by atoms with Crippen molar-refractivity contribution in [3.8, 4) is 0 Å². The van der Waals surface area contributed by atoms with Crippen molar-refractivity contribution in [2.45, 2.75) is 25.9 Å². The van der Waals surface area contributed by atoms with Gasteiger partial charge in [-0.3, -0.25) is 0 Å². The summed E-state index contributed by atoms with van der Waals surface area (Å²) < 4.78 is 13.3. The molecule has 2 N–H and O–H groups in total. The Kier molecular flexibility index (Phi) is 3.07. The van der Waals surface area contributed by atoms with Gasteiger partial charge in [0.05, 0.1) is 0 Å². The average molecular weight is 174 g/mol. The van der Waals surface area contributed by atoms with E-state index < -0.39 is 6.17 Å². The highest BCUT2D eigenvalue weighted by Crippen LogP contribution is 2.37. The van der Waals surface area contributed by atoms with Crippen LogP contribution in [-0.2, 0) is 0 Å². The van der Waals surface area contributed by atoms with E-state index in [1.165, 1.54) is 0 Å². The second-order valence-electron chi connectivity index (χ2n) is 4.00. The number of nitrogens with zero attached hydrogens (tertiary/aromatic N) is 1. The summed E-state index contributed by atoms with van der Waals surface area (Å²) in [6, 6.07) is 0. The molecule has 0 aromatic heterocycles. The summed E-state index contributed by atoms with van der Waals surface area (Å²) >= 11 is 0. The molecular weight excluding hydrogens is 155 g/mol. The highest BCUT2D eigenvalue weighted by molar-refractivity contribution is 4.92. The van der Waals surface area contributed by atoms with Gasteiger partial charge in [0.1, 0.15) is 6.17 Å². The summed E-state index contributed by atoms with van der Waals surface area (Å²) in [7, 11) is 2.04. The molecule has 1 aliphatic heterocycles. The number of alkyl halides is 1. The van der Waals surface area contributed by atoms with Crippen molar-refractivity contribution in [2.24, 2.45) is 11.1 Å². The zero-order valence-electron chi connectivity index (χ0n) is 8.02. The number of hydrogen-bond donors (Lipinski definition) is 1. The fourth-order valence-corrected chi connectivity index (χ4v) is 2.12. The third kappa shape index (κ3) is 1.77. The largest absolute Gasteiger partial charge is 0.330 e. The molecule has 2 nitrogen and oxygen atoms in total. The van der Waals surface area contributed by atoms with Crippen molar-refractivity contribution in [1.82, 2.24) is 4.90 Å². The SMILES string of the molecule is CC(F)C1(CCN)CCN(C)C1. The lowest BCUT2D eigenvalue weighted by molar-refractivity contribution is 0.120. The zero-order chi connectivity index (χ0) is 9.19. The van der Waals surface area contributed by atoms with Crippen LogP contribution in [0.3, 0.4) is 0 Å². The lowest BCUT2D eigenvalue weighted by Crippen LogP contribution is -2.35. The van der Waals surface area contributed by atoms with Crippen molar-refractivity contribution < 1.29 is 4.39 Å². The normalized spacial score (nSPS) is 34.0. The predicted octanol–water partition coefficient (Wildman–Crippen LogP) is 1.02. The van der Waals surface area contributed by atoms with Gasteiger partial charge in [-0.25, -0.2) is 4.39 Å². The van der Waals surface area contributed by atoms with E-state index in [1.807, 2.05) is 7.05 Å². The van der Waals surface area contributed by atoms with Gasteiger partial charge in [-0.15, -0.1) is 0 Å². The molecule has 0 saturated carbocycles. The van der Waals surface area contributed by atoms with Gasteiger partial charge in [-0.1, -0.05) is 0 Å². The first-order valence-corrected chi connectivity index (χ1v) is 4.63. The maximum Gasteiger partial charge on any atom is 0.104 e. The first kappa shape index (κ1) is 9.93. The van der Waals surface area contributed by atoms with Crippen LogP contribution in [0.25, 0.3) is 0 Å². The Hall–Kier alpha value is -0.150. The number of likely N-dealkylation sites (tertiary alicyclic amines) is 1. The van der Waals surface area contributed by atoms with Crippen LogP contribution in [0.2, 0.25) is 0 Å². The average Bonchev–Trinajstić information content (AvgIpc) is 2.34. The standard InChI is InChI=1S/C9H19FN2/c1-8(10)9(3-5-11)4-6-12(2)7-9/h8H,3-7,11H2,1-2H3.